The number of ether oxygens (including phenoxy) is 1. The molecule has 0 amide bonds. The van der Waals surface area contributed by atoms with Crippen molar-refractivity contribution in [2.45, 2.75) is 25.6 Å². The number of alkyl halides is 3. The maximum absolute atomic E-state index is 12.5. The second-order valence-electron chi connectivity index (χ2n) is 7.45. The topological polar surface area (TPSA) is 42.3 Å². The van der Waals surface area contributed by atoms with Crippen LogP contribution in [0.4, 0.5) is 24.7 Å². The molecule has 3 aromatic rings. The summed E-state index contributed by atoms with van der Waals surface area (Å²) in [5, 5.41) is 8.28. The molecule has 2 heterocycles. The maximum atomic E-state index is 12.5. The van der Waals surface area contributed by atoms with Gasteiger partial charge in [-0.2, -0.15) is 5.10 Å². The van der Waals surface area contributed by atoms with Gasteiger partial charge in [0.05, 0.1) is 11.4 Å². The summed E-state index contributed by atoms with van der Waals surface area (Å²) >= 11 is 0. The zero-order valence-corrected chi connectivity index (χ0v) is 16.8. The van der Waals surface area contributed by atoms with Crippen LogP contribution in [0.3, 0.4) is 0 Å². The number of nitrogens with zero attached hydrogens (tertiary/aromatic N) is 3. The number of rotatable bonds is 4. The van der Waals surface area contributed by atoms with Gasteiger partial charge in [-0.25, -0.2) is 4.68 Å². The summed E-state index contributed by atoms with van der Waals surface area (Å²) in [7, 11) is 3.98. The Morgan fingerprint density at radius 2 is 1.70 bits per heavy atom. The lowest BCUT2D eigenvalue weighted by Crippen LogP contribution is -2.17. The number of hydrogen-bond acceptors (Lipinski definition) is 4. The number of anilines is 2. The van der Waals surface area contributed by atoms with Crippen molar-refractivity contribution in [1.82, 2.24) is 9.78 Å². The molecule has 2 aromatic carbocycles. The largest absolute Gasteiger partial charge is 0.573 e. The molecule has 0 saturated heterocycles. The normalized spacial score (nSPS) is 13.9. The van der Waals surface area contributed by atoms with Crippen molar-refractivity contribution in [3.63, 3.8) is 0 Å². The Morgan fingerprint density at radius 1 is 1.00 bits per heavy atom. The van der Waals surface area contributed by atoms with Gasteiger partial charge in [-0.1, -0.05) is 12.1 Å². The van der Waals surface area contributed by atoms with Crippen molar-refractivity contribution < 1.29 is 17.9 Å². The highest BCUT2D eigenvalue weighted by Gasteiger charge is 2.31. The third-order valence-electron chi connectivity index (χ3n) is 5.10. The summed E-state index contributed by atoms with van der Waals surface area (Å²) in [5.74, 6) is 0.639. The summed E-state index contributed by atoms with van der Waals surface area (Å²) in [6.07, 6.45) is -1.72. The van der Waals surface area contributed by atoms with Crippen LogP contribution in [0, 0.1) is 0 Å². The van der Waals surface area contributed by atoms with Crippen LogP contribution in [0.1, 0.15) is 18.4 Å². The fourth-order valence-corrected chi connectivity index (χ4v) is 3.63. The molecule has 1 aromatic heterocycles. The van der Waals surface area contributed by atoms with E-state index in [-0.39, 0.29) is 5.75 Å². The Balaban J connectivity index is 1.74. The minimum atomic E-state index is -4.71. The average molecular weight is 416 g/mol. The fourth-order valence-electron chi connectivity index (χ4n) is 3.63. The first-order chi connectivity index (χ1) is 14.3. The number of halogens is 3. The average Bonchev–Trinajstić information content (AvgIpc) is 2.89. The number of hydrogen-bond donors (Lipinski definition) is 1. The Kier molecular flexibility index (Phi) is 5.32. The summed E-state index contributed by atoms with van der Waals surface area (Å²) < 4.78 is 43.1. The molecule has 4 rings (SSSR count). The first-order valence-corrected chi connectivity index (χ1v) is 9.81. The molecule has 1 aliphatic heterocycles. The Bertz CT molecular complexity index is 1010. The highest BCUT2D eigenvalue weighted by molar-refractivity contribution is 5.72. The molecular formula is C22H23F3N4O. The summed E-state index contributed by atoms with van der Waals surface area (Å²) in [4.78, 5) is 2.04. The van der Waals surface area contributed by atoms with E-state index in [1.54, 1.807) is 16.8 Å². The Hall–Kier alpha value is -3.16. The molecule has 0 bridgehead atoms. The van der Waals surface area contributed by atoms with Gasteiger partial charge in [0, 0.05) is 37.5 Å². The molecule has 0 radical (unpaired) electrons. The first-order valence-electron chi connectivity index (χ1n) is 9.81. The van der Waals surface area contributed by atoms with Crippen LogP contribution < -0.4 is 15.0 Å². The van der Waals surface area contributed by atoms with E-state index in [2.05, 4.69) is 10.1 Å². The van der Waals surface area contributed by atoms with Gasteiger partial charge in [-0.15, -0.1) is 13.2 Å². The predicted molar refractivity (Wildman–Crippen MR) is 111 cm³/mol. The molecule has 0 aliphatic carbocycles. The van der Waals surface area contributed by atoms with E-state index in [4.69, 9.17) is 5.10 Å². The van der Waals surface area contributed by atoms with Crippen LogP contribution in [0.25, 0.3) is 16.9 Å². The Morgan fingerprint density at radius 3 is 2.33 bits per heavy atom. The Labute approximate surface area is 173 Å². The second-order valence-corrected chi connectivity index (χ2v) is 7.45. The highest BCUT2D eigenvalue weighted by atomic mass is 19.4. The number of fused-ring (bicyclic) bond motifs is 1. The summed E-state index contributed by atoms with van der Waals surface area (Å²) in [6, 6.07) is 14.0. The summed E-state index contributed by atoms with van der Waals surface area (Å²) in [6.45, 7) is 0.826. The van der Waals surface area contributed by atoms with E-state index >= 15 is 0 Å². The van der Waals surface area contributed by atoms with Gasteiger partial charge in [0.15, 0.2) is 0 Å². The predicted octanol–water partition coefficient (Wildman–Crippen LogP) is 5.25. The molecule has 158 valence electrons. The molecular weight excluding hydrogens is 393 g/mol. The quantitative estimate of drug-likeness (QED) is 0.631. The van der Waals surface area contributed by atoms with Crippen LogP contribution >= 0.6 is 0 Å². The van der Waals surface area contributed by atoms with Crippen LogP contribution in [-0.2, 0) is 6.42 Å². The fraction of sp³-hybridized carbons (Fsp3) is 0.318. The van der Waals surface area contributed by atoms with Crippen LogP contribution in [0.2, 0.25) is 0 Å². The summed E-state index contributed by atoms with van der Waals surface area (Å²) in [5.41, 5.74) is 4.80. The molecule has 30 heavy (non-hydrogen) atoms. The van der Waals surface area contributed by atoms with Crippen molar-refractivity contribution in [3.05, 3.63) is 54.1 Å². The van der Waals surface area contributed by atoms with E-state index in [0.29, 0.717) is 5.69 Å². The zero-order chi connectivity index (χ0) is 21.3. The highest BCUT2D eigenvalue weighted by Crippen LogP contribution is 2.35. The van der Waals surface area contributed by atoms with Crippen LogP contribution in [0.5, 0.6) is 5.75 Å². The SMILES string of the molecule is CN(C)c1ccc(-c2nn(-c3ccc(OC(F)(F)F)cc3)c3c2CCCCN3)cc1. The van der Waals surface area contributed by atoms with Crippen molar-refractivity contribution in [2.24, 2.45) is 0 Å². The minimum Gasteiger partial charge on any atom is -0.406 e. The molecule has 0 spiro atoms. The minimum absolute atomic E-state index is 0.253. The molecule has 8 heteroatoms. The lowest BCUT2D eigenvalue weighted by atomic mass is 10.0. The molecule has 5 nitrogen and oxygen atoms in total. The molecule has 0 saturated carbocycles. The molecule has 1 N–H and O–H groups in total. The monoisotopic (exact) mass is 416 g/mol. The third-order valence-corrected chi connectivity index (χ3v) is 5.10. The van der Waals surface area contributed by atoms with Gasteiger partial charge >= 0.3 is 6.36 Å². The second kappa shape index (κ2) is 7.93. The van der Waals surface area contributed by atoms with Crippen LogP contribution in [0.15, 0.2) is 48.5 Å². The first kappa shape index (κ1) is 20.1. The van der Waals surface area contributed by atoms with Crippen molar-refractivity contribution >= 4 is 11.5 Å². The van der Waals surface area contributed by atoms with E-state index in [1.165, 1.54) is 12.1 Å². The third kappa shape index (κ3) is 4.22. The van der Waals surface area contributed by atoms with Gasteiger partial charge in [-0.05, 0) is 55.7 Å². The van der Waals surface area contributed by atoms with Crippen molar-refractivity contribution in [3.8, 4) is 22.7 Å². The van der Waals surface area contributed by atoms with Gasteiger partial charge in [0.2, 0.25) is 0 Å². The molecule has 0 atom stereocenters. The maximum Gasteiger partial charge on any atom is 0.573 e. The molecule has 0 fully saturated rings. The lowest BCUT2D eigenvalue weighted by molar-refractivity contribution is -0.274. The van der Waals surface area contributed by atoms with Gasteiger partial charge < -0.3 is 15.0 Å². The number of benzene rings is 2. The zero-order valence-electron chi connectivity index (χ0n) is 16.8. The van der Waals surface area contributed by atoms with Gasteiger partial charge in [0.25, 0.3) is 0 Å². The van der Waals surface area contributed by atoms with E-state index in [1.807, 2.05) is 43.3 Å². The lowest BCUT2D eigenvalue weighted by Gasteiger charge is -2.12. The van der Waals surface area contributed by atoms with E-state index < -0.39 is 6.36 Å². The standard InChI is InChI=1S/C22H23F3N4O/c1-28(2)16-8-6-15(7-9-16)20-19-5-3-4-14-26-21(19)29(27-20)17-10-12-18(13-11-17)30-22(23,24)25/h6-13,26H,3-5,14H2,1-2H3. The van der Waals surface area contributed by atoms with Gasteiger partial charge in [0.1, 0.15) is 11.6 Å². The number of aromatic nitrogens is 2. The number of nitrogens with one attached hydrogen (secondary N) is 1. The van der Waals surface area contributed by atoms with Crippen molar-refractivity contribution in [2.75, 3.05) is 30.9 Å². The molecule has 1 aliphatic rings. The molecule has 0 unspecified atom stereocenters. The smallest absolute Gasteiger partial charge is 0.406 e. The van der Waals surface area contributed by atoms with E-state index in [0.717, 1.165) is 54.1 Å². The van der Waals surface area contributed by atoms with Crippen LogP contribution in [-0.4, -0.2) is 36.8 Å². The van der Waals surface area contributed by atoms with E-state index in [9.17, 15) is 13.2 Å². The van der Waals surface area contributed by atoms with Gasteiger partial charge in [-0.3, -0.25) is 0 Å². The van der Waals surface area contributed by atoms with Crippen molar-refractivity contribution in [1.29, 1.82) is 0 Å².